The van der Waals surface area contributed by atoms with Gasteiger partial charge < -0.3 is 15.7 Å². The second-order valence-corrected chi connectivity index (χ2v) is 6.79. The summed E-state index contributed by atoms with van der Waals surface area (Å²) in [6, 6.07) is 7.44. The summed E-state index contributed by atoms with van der Waals surface area (Å²) in [7, 11) is 0. The number of hydrogen-bond acceptors (Lipinski definition) is 3. The maximum atomic E-state index is 13.4. The Bertz CT molecular complexity index is 796. The molecule has 3 rings (SSSR count). The molecule has 2 aromatic rings. The predicted molar refractivity (Wildman–Crippen MR) is 94.8 cm³/mol. The Labute approximate surface area is 147 Å². The second-order valence-electron chi connectivity index (χ2n) is 6.79. The van der Waals surface area contributed by atoms with Crippen molar-refractivity contribution < 1.29 is 14.3 Å². The summed E-state index contributed by atoms with van der Waals surface area (Å²) in [4.78, 5) is 14.5. The van der Waals surface area contributed by atoms with Gasteiger partial charge in [0.25, 0.3) is 0 Å². The van der Waals surface area contributed by atoms with E-state index in [0.717, 1.165) is 27.8 Å². The van der Waals surface area contributed by atoms with Crippen molar-refractivity contribution in [2.45, 2.75) is 39.3 Å². The predicted octanol–water partition coefficient (Wildman–Crippen LogP) is 2.60. The highest BCUT2D eigenvalue weighted by Gasteiger charge is 2.26. The summed E-state index contributed by atoms with van der Waals surface area (Å²) >= 11 is 0. The molecule has 0 radical (unpaired) electrons. The molecule has 1 aliphatic heterocycles. The highest BCUT2D eigenvalue weighted by Crippen LogP contribution is 2.24. The summed E-state index contributed by atoms with van der Waals surface area (Å²) in [5, 5.41) is 9.64. The highest BCUT2D eigenvalue weighted by atomic mass is 19.1. The van der Waals surface area contributed by atoms with E-state index in [-0.39, 0.29) is 17.5 Å². The Morgan fingerprint density at radius 3 is 2.60 bits per heavy atom. The first-order valence-corrected chi connectivity index (χ1v) is 8.46. The van der Waals surface area contributed by atoms with E-state index >= 15 is 0 Å². The molecule has 0 fully saturated rings. The molecular formula is C20H23FN2O2. The third kappa shape index (κ3) is 3.66. The number of nitrogens with zero attached hydrogens (tertiary/aromatic N) is 1. The van der Waals surface area contributed by atoms with Gasteiger partial charge in [-0.25, -0.2) is 4.39 Å². The number of phenolic OH excluding ortho intramolecular Hbond substituents is 1. The number of halogens is 1. The van der Waals surface area contributed by atoms with Gasteiger partial charge in [-0.15, -0.1) is 0 Å². The largest absolute Gasteiger partial charge is 0.508 e. The lowest BCUT2D eigenvalue weighted by Gasteiger charge is -2.31. The minimum Gasteiger partial charge on any atom is -0.508 e. The molecule has 5 heteroatoms. The van der Waals surface area contributed by atoms with Crippen molar-refractivity contribution >= 4 is 5.91 Å². The van der Waals surface area contributed by atoms with Crippen LogP contribution < -0.4 is 5.73 Å². The normalized spacial score (nSPS) is 15.0. The van der Waals surface area contributed by atoms with Gasteiger partial charge in [-0.3, -0.25) is 4.79 Å². The van der Waals surface area contributed by atoms with Crippen LogP contribution in [-0.2, 0) is 24.2 Å². The Hall–Kier alpha value is -2.40. The summed E-state index contributed by atoms with van der Waals surface area (Å²) in [5.74, 6) is -0.192. The molecule has 0 unspecified atom stereocenters. The molecule has 1 aliphatic rings. The molecule has 0 saturated heterocycles. The van der Waals surface area contributed by atoms with Crippen LogP contribution in [-0.4, -0.2) is 28.5 Å². The fraction of sp³-hybridized carbons (Fsp3) is 0.350. The Balaban J connectivity index is 1.73. The van der Waals surface area contributed by atoms with Crippen LogP contribution in [0.1, 0.15) is 27.8 Å². The van der Waals surface area contributed by atoms with Crippen molar-refractivity contribution in [2.24, 2.45) is 5.73 Å². The molecule has 0 bridgehead atoms. The van der Waals surface area contributed by atoms with Gasteiger partial charge in [0, 0.05) is 13.1 Å². The highest BCUT2D eigenvalue weighted by molar-refractivity contribution is 5.82. The first-order chi connectivity index (χ1) is 11.8. The van der Waals surface area contributed by atoms with E-state index in [4.69, 9.17) is 5.73 Å². The number of benzene rings is 2. The fourth-order valence-corrected chi connectivity index (χ4v) is 3.55. The van der Waals surface area contributed by atoms with E-state index in [1.54, 1.807) is 23.1 Å². The number of amides is 1. The number of rotatable bonds is 3. The Kier molecular flexibility index (Phi) is 4.77. The van der Waals surface area contributed by atoms with Gasteiger partial charge in [-0.05, 0) is 78.8 Å². The standard InChI is InChI=1S/C20H23FN2O2/c1-12-7-17(24)8-13(2)18(12)10-19(22)20(25)23-6-5-14-3-4-16(21)9-15(14)11-23/h3-4,7-9,19,24H,5-6,10-11,22H2,1-2H3/t19-/m0/s1. The molecule has 0 saturated carbocycles. The molecule has 0 spiro atoms. The summed E-state index contributed by atoms with van der Waals surface area (Å²) in [6.07, 6.45) is 1.13. The average Bonchev–Trinajstić information content (AvgIpc) is 2.56. The van der Waals surface area contributed by atoms with Crippen LogP contribution in [0.25, 0.3) is 0 Å². The van der Waals surface area contributed by atoms with Gasteiger partial charge in [0.15, 0.2) is 0 Å². The van der Waals surface area contributed by atoms with Crippen molar-refractivity contribution in [3.8, 4) is 5.75 Å². The minimum atomic E-state index is -0.656. The zero-order valence-electron chi connectivity index (χ0n) is 14.6. The summed E-state index contributed by atoms with van der Waals surface area (Å²) < 4.78 is 13.4. The number of nitrogens with two attached hydrogens (primary N) is 1. The molecule has 3 N–H and O–H groups in total. The van der Waals surface area contributed by atoms with Gasteiger partial charge >= 0.3 is 0 Å². The average molecular weight is 342 g/mol. The van der Waals surface area contributed by atoms with Crippen molar-refractivity contribution in [3.63, 3.8) is 0 Å². The van der Waals surface area contributed by atoms with Gasteiger partial charge in [0.2, 0.25) is 5.91 Å². The van der Waals surface area contributed by atoms with Crippen LogP contribution in [0.2, 0.25) is 0 Å². The van der Waals surface area contributed by atoms with Crippen LogP contribution in [0.3, 0.4) is 0 Å². The van der Waals surface area contributed by atoms with Crippen LogP contribution in [0, 0.1) is 19.7 Å². The summed E-state index contributed by atoms with van der Waals surface area (Å²) in [6.45, 7) is 4.80. The number of phenols is 1. The monoisotopic (exact) mass is 342 g/mol. The molecule has 1 atom stereocenters. The van der Waals surface area contributed by atoms with Crippen LogP contribution in [0.5, 0.6) is 5.75 Å². The lowest BCUT2D eigenvalue weighted by molar-refractivity contribution is -0.133. The van der Waals surface area contributed by atoms with Gasteiger partial charge in [-0.1, -0.05) is 6.07 Å². The second kappa shape index (κ2) is 6.84. The van der Waals surface area contributed by atoms with Gasteiger partial charge in [-0.2, -0.15) is 0 Å². The third-order valence-electron chi connectivity index (χ3n) is 4.91. The van der Waals surface area contributed by atoms with Crippen molar-refractivity contribution in [2.75, 3.05) is 6.54 Å². The van der Waals surface area contributed by atoms with Gasteiger partial charge in [0.1, 0.15) is 11.6 Å². The maximum absolute atomic E-state index is 13.4. The fourth-order valence-electron chi connectivity index (χ4n) is 3.55. The molecule has 25 heavy (non-hydrogen) atoms. The first-order valence-electron chi connectivity index (χ1n) is 8.46. The topological polar surface area (TPSA) is 66.6 Å². The van der Waals surface area contributed by atoms with E-state index in [9.17, 15) is 14.3 Å². The summed E-state index contributed by atoms with van der Waals surface area (Å²) in [5.41, 5.74) is 11.0. The van der Waals surface area contributed by atoms with E-state index in [1.165, 1.54) is 12.1 Å². The molecule has 1 amide bonds. The number of carbonyl (C=O) groups excluding carboxylic acids is 1. The van der Waals surface area contributed by atoms with E-state index < -0.39 is 6.04 Å². The molecule has 2 aromatic carbocycles. The molecule has 4 nitrogen and oxygen atoms in total. The number of hydrogen-bond donors (Lipinski definition) is 2. The van der Waals surface area contributed by atoms with Crippen molar-refractivity contribution in [3.05, 3.63) is 64.0 Å². The lowest BCUT2D eigenvalue weighted by atomic mass is 9.94. The van der Waals surface area contributed by atoms with Crippen LogP contribution in [0.4, 0.5) is 4.39 Å². The molecule has 1 heterocycles. The Morgan fingerprint density at radius 1 is 1.24 bits per heavy atom. The smallest absolute Gasteiger partial charge is 0.240 e. The molecule has 0 aliphatic carbocycles. The Morgan fingerprint density at radius 2 is 1.92 bits per heavy atom. The number of aryl methyl sites for hydroxylation is 2. The zero-order valence-corrected chi connectivity index (χ0v) is 14.6. The molecular weight excluding hydrogens is 319 g/mol. The number of fused-ring (bicyclic) bond motifs is 1. The maximum Gasteiger partial charge on any atom is 0.240 e. The molecule has 132 valence electrons. The van der Waals surface area contributed by atoms with Gasteiger partial charge in [0.05, 0.1) is 6.04 Å². The zero-order chi connectivity index (χ0) is 18.1. The SMILES string of the molecule is Cc1cc(O)cc(C)c1C[C@H](N)C(=O)N1CCc2ccc(F)cc2C1. The van der Waals surface area contributed by atoms with E-state index in [2.05, 4.69) is 0 Å². The van der Waals surface area contributed by atoms with E-state index in [0.29, 0.717) is 25.9 Å². The quantitative estimate of drug-likeness (QED) is 0.901. The lowest BCUT2D eigenvalue weighted by Crippen LogP contribution is -2.47. The third-order valence-corrected chi connectivity index (χ3v) is 4.91. The van der Waals surface area contributed by atoms with E-state index in [1.807, 2.05) is 13.8 Å². The van der Waals surface area contributed by atoms with Crippen LogP contribution >= 0.6 is 0 Å². The number of aromatic hydroxyl groups is 1. The van der Waals surface area contributed by atoms with Crippen molar-refractivity contribution in [1.82, 2.24) is 4.90 Å². The molecule has 0 aromatic heterocycles. The number of carbonyl (C=O) groups is 1. The first kappa shape index (κ1) is 17.4. The van der Waals surface area contributed by atoms with Crippen LogP contribution in [0.15, 0.2) is 30.3 Å². The minimum absolute atomic E-state index is 0.123. The van der Waals surface area contributed by atoms with Crippen molar-refractivity contribution in [1.29, 1.82) is 0 Å².